The van der Waals surface area contributed by atoms with E-state index in [1.165, 1.54) is 0 Å². The van der Waals surface area contributed by atoms with Gasteiger partial charge < -0.3 is 4.90 Å². The third kappa shape index (κ3) is 2.71. The average molecular weight is 375 g/mol. The van der Waals surface area contributed by atoms with Gasteiger partial charge in [-0.3, -0.25) is 14.3 Å². The zero-order valence-electron chi connectivity index (χ0n) is 14.6. The zero-order valence-corrected chi connectivity index (χ0v) is 15.4. The molecule has 0 unspecified atom stereocenters. The highest BCUT2D eigenvalue weighted by atomic mass is 32.1. The molecule has 1 aliphatic rings. The monoisotopic (exact) mass is 375 g/mol. The van der Waals surface area contributed by atoms with Gasteiger partial charge in [-0.2, -0.15) is 4.98 Å². The van der Waals surface area contributed by atoms with Gasteiger partial charge in [0.1, 0.15) is 16.4 Å². The van der Waals surface area contributed by atoms with Crippen LogP contribution in [0.2, 0.25) is 0 Å². The summed E-state index contributed by atoms with van der Waals surface area (Å²) >= 11 is 5.61. The molecule has 0 amide bonds. The molecular weight excluding hydrogens is 358 g/mol. The highest BCUT2D eigenvalue weighted by Gasteiger charge is 2.17. The Kier molecular flexibility index (Phi) is 3.75. The number of hydrogen-bond acceptors (Lipinski definition) is 5. The molecule has 5 rings (SSSR count). The smallest absolute Gasteiger partial charge is 0.264 e. The van der Waals surface area contributed by atoms with Gasteiger partial charge in [-0.1, -0.05) is 42.5 Å². The Labute approximate surface area is 160 Å². The minimum atomic E-state index is -0.241. The van der Waals surface area contributed by atoms with Gasteiger partial charge in [-0.25, -0.2) is 4.98 Å². The highest BCUT2D eigenvalue weighted by Crippen LogP contribution is 2.21. The van der Waals surface area contributed by atoms with Crippen LogP contribution in [0.15, 0.2) is 53.6 Å². The summed E-state index contributed by atoms with van der Waals surface area (Å²) in [7, 11) is 0. The fraction of sp³-hybridized carbons (Fsp3) is 0.200. The molecule has 0 aliphatic carbocycles. The molecule has 4 aromatic rings. The largest absolute Gasteiger partial charge is 0.342 e. The van der Waals surface area contributed by atoms with Gasteiger partial charge >= 0.3 is 0 Å². The molecule has 0 atom stereocenters. The Morgan fingerprint density at radius 3 is 2.63 bits per heavy atom. The first-order valence-corrected chi connectivity index (χ1v) is 9.37. The number of fused-ring (bicyclic) bond motifs is 2. The van der Waals surface area contributed by atoms with Crippen LogP contribution in [0.1, 0.15) is 12.8 Å². The van der Waals surface area contributed by atoms with E-state index in [2.05, 4.69) is 25.9 Å². The lowest BCUT2D eigenvalue weighted by Crippen LogP contribution is -2.24. The lowest BCUT2D eigenvalue weighted by atomic mass is 10.1. The van der Waals surface area contributed by atoms with Crippen molar-refractivity contribution in [2.45, 2.75) is 12.8 Å². The van der Waals surface area contributed by atoms with Gasteiger partial charge in [0, 0.05) is 18.8 Å². The van der Waals surface area contributed by atoms with E-state index in [1.54, 1.807) is 10.9 Å². The second-order valence-corrected chi connectivity index (χ2v) is 7.12. The molecule has 3 heterocycles. The van der Waals surface area contributed by atoms with Crippen LogP contribution in [0.3, 0.4) is 0 Å². The van der Waals surface area contributed by atoms with Gasteiger partial charge in [0.2, 0.25) is 5.95 Å². The van der Waals surface area contributed by atoms with Gasteiger partial charge in [-0.05, 0) is 35.7 Å². The van der Waals surface area contributed by atoms with Crippen LogP contribution in [-0.2, 0) is 0 Å². The highest BCUT2D eigenvalue weighted by molar-refractivity contribution is 7.71. The Hall–Kier alpha value is -3.06. The first-order valence-electron chi connectivity index (χ1n) is 8.96. The zero-order chi connectivity index (χ0) is 18.4. The van der Waals surface area contributed by atoms with Crippen molar-refractivity contribution in [3.05, 3.63) is 63.8 Å². The molecule has 7 heteroatoms. The molecular formula is C20H17N5OS. The van der Waals surface area contributed by atoms with E-state index in [0.717, 1.165) is 42.4 Å². The van der Waals surface area contributed by atoms with Crippen LogP contribution >= 0.6 is 12.2 Å². The van der Waals surface area contributed by atoms with Crippen molar-refractivity contribution in [3.63, 3.8) is 0 Å². The maximum Gasteiger partial charge on any atom is 0.264 e. The van der Waals surface area contributed by atoms with Crippen LogP contribution in [-0.4, -0.2) is 32.6 Å². The number of aromatic nitrogens is 4. The topological polar surface area (TPSA) is 66.8 Å². The van der Waals surface area contributed by atoms with Gasteiger partial charge in [0.05, 0.1) is 0 Å². The number of rotatable bonds is 2. The predicted octanol–water partition coefficient (Wildman–Crippen LogP) is 3.59. The third-order valence-corrected chi connectivity index (χ3v) is 5.43. The number of aromatic amines is 1. The molecule has 0 bridgehead atoms. The van der Waals surface area contributed by atoms with E-state index < -0.39 is 0 Å². The van der Waals surface area contributed by atoms with Crippen molar-refractivity contribution in [1.29, 1.82) is 0 Å². The Bertz CT molecular complexity index is 1290. The predicted molar refractivity (Wildman–Crippen MR) is 109 cm³/mol. The minimum absolute atomic E-state index is 0.241. The van der Waals surface area contributed by atoms with Crippen molar-refractivity contribution in [1.82, 2.24) is 19.5 Å². The normalized spacial score (nSPS) is 14.3. The van der Waals surface area contributed by atoms with E-state index in [-0.39, 0.29) is 5.56 Å². The lowest BCUT2D eigenvalue weighted by molar-refractivity contribution is 0.890. The van der Waals surface area contributed by atoms with Crippen molar-refractivity contribution in [2.75, 3.05) is 18.0 Å². The van der Waals surface area contributed by atoms with Crippen LogP contribution in [0.4, 0.5) is 5.95 Å². The molecule has 27 heavy (non-hydrogen) atoms. The van der Waals surface area contributed by atoms with Crippen molar-refractivity contribution < 1.29 is 0 Å². The van der Waals surface area contributed by atoms with Crippen molar-refractivity contribution in [3.8, 4) is 5.69 Å². The van der Waals surface area contributed by atoms with E-state index in [4.69, 9.17) is 12.2 Å². The van der Waals surface area contributed by atoms with Gasteiger partial charge in [0.15, 0.2) is 5.65 Å². The van der Waals surface area contributed by atoms with Gasteiger partial charge in [0.25, 0.3) is 5.56 Å². The Morgan fingerprint density at radius 2 is 1.81 bits per heavy atom. The maximum absolute atomic E-state index is 12.7. The number of H-pyrrole nitrogens is 1. The van der Waals surface area contributed by atoms with E-state index in [1.807, 2.05) is 36.4 Å². The van der Waals surface area contributed by atoms with Crippen LogP contribution in [0.25, 0.3) is 27.5 Å². The Balaban J connectivity index is 1.68. The van der Waals surface area contributed by atoms with E-state index >= 15 is 0 Å². The second-order valence-electron chi connectivity index (χ2n) is 6.73. The first-order chi connectivity index (χ1) is 13.2. The van der Waals surface area contributed by atoms with E-state index in [9.17, 15) is 4.79 Å². The summed E-state index contributed by atoms with van der Waals surface area (Å²) in [4.78, 5) is 26.7. The standard InChI is InChI=1S/C20H17N5OS/c26-18-16-17(22-20(23-18)24-9-3-4-10-24)21-12-25(19(16)27)15-8-7-13-5-1-2-6-14(13)11-15/h1-2,5-8,11-12H,3-4,9-10H2,(H,22,23,26). The summed E-state index contributed by atoms with van der Waals surface area (Å²) in [6.07, 6.45) is 3.87. The third-order valence-electron chi connectivity index (χ3n) is 5.03. The molecule has 0 radical (unpaired) electrons. The fourth-order valence-corrected chi connectivity index (χ4v) is 3.95. The van der Waals surface area contributed by atoms with Crippen LogP contribution in [0, 0.1) is 4.64 Å². The molecule has 2 aromatic heterocycles. The number of hydrogen-bond donors (Lipinski definition) is 1. The molecule has 1 aliphatic heterocycles. The summed E-state index contributed by atoms with van der Waals surface area (Å²) in [5.41, 5.74) is 1.02. The summed E-state index contributed by atoms with van der Waals surface area (Å²) in [5.74, 6) is 0.579. The number of benzene rings is 2. The summed E-state index contributed by atoms with van der Waals surface area (Å²) in [5, 5.41) is 2.60. The molecule has 2 aromatic carbocycles. The van der Waals surface area contributed by atoms with Crippen LogP contribution in [0.5, 0.6) is 0 Å². The van der Waals surface area contributed by atoms with Crippen molar-refractivity contribution in [2.24, 2.45) is 0 Å². The molecule has 0 spiro atoms. The number of nitrogens with zero attached hydrogens (tertiary/aromatic N) is 4. The lowest BCUT2D eigenvalue weighted by Gasteiger charge is -2.16. The second kappa shape index (κ2) is 6.28. The number of anilines is 1. The molecule has 1 fully saturated rings. The SMILES string of the molecule is O=c1[nH]c(N2CCCC2)nc2ncn(-c3ccc4ccccc4c3)c(=S)c12. The molecule has 134 valence electrons. The fourth-order valence-electron chi connectivity index (χ4n) is 3.61. The quantitative estimate of drug-likeness (QED) is 0.542. The number of nitrogens with one attached hydrogen (secondary N) is 1. The molecule has 1 saturated heterocycles. The summed E-state index contributed by atoms with van der Waals surface area (Å²) in [6.45, 7) is 1.80. The molecule has 1 N–H and O–H groups in total. The summed E-state index contributed by atoms with van der Waals surface area (Å²) in [6, 6.07) is 14.2. The first kappa shape index (κ1) is 16.1. The maximum atomic E-state index is 12.7. The van der Waals surface area contributed by atoms with Crippen molar-refractivity contribution >= 4 is 40.0 Å². The minimum Gasteiger partial charge on any atom is -0.342 e. The van der Waals surface area contributed by atoms with E-state index in [0.29, 0.717) is 21.6 Å². The molecule has 0 saturated carbocycles. The Morgan fingerprint density at radius 1 is 1.04 bits per heavy atom. The summed E-state index contributed by atoms with van der Waals surface area (Å²) < 4.78 is 2.17. The average Bonchev–Trinajstić information content (AvgIpc) is 3.22. The molecule has 6 nitrogen and oxygen atoms in total. The van der Waals surface area contributed by atoms with Gasteiger partial charge in [-0.15, -0.1) is 0 Å². The van der Waals surface area contributed by atoms with Crippen LogP contribution < -0.4 is 10.5 Å².